The third-order valence-corrected chi connectivity index (χ3v) is 6.58. The highest BCUT2D eigenvalue weighted by Crippen LogP contribution is 2.21. The van der Waals surface area contributed by atoms with Crippen LogP contribution in [0.2, 0.25) is 0 Å². The molecule has 1 aromatic heterocycles. The van der Waals surface area contributed by atoms with E-state index in [9.17, 15) is 8.42 Å². The molecule has 0 aliphatic carbocycles. The smallest absolute Gasteiger partial charge is 0.288 e. The van der Waals surface area contributed by atoms with Gasteiger partial charge in [0.05, 0.1) is 4.90 Å². The van der Waals surface area contributed by atoms with Crippen molar-refractivity contribution in [2.24, 2.45) is 3.77 Å². The quantitative estimate of drug-likeness (QED) is 0.866. The summed E-state index contributed by atoms with van der Waals surface area (Å²) in [7, 11) is -4.56. The molecule has 0 radical (unpaired) electrons. The van der Waals surface area contributed by atoms with E-state index in [2.05, 4.69) is 8.75 Å². The van der Waals surface area contributed by atoms with Gasteiger partial charge in [-0.15, -0.1) is 3.77 Å². The third-order valence-electron chi connectivity index (χ3n) is 3.06. The normalized spacial score (nSPS) is 18.5. The average molecular weight is 333 g/mol. The van der Waals surface area contributed by atoms with Crippen molar-refractivity contribution in [3.05, 3.63) is 66.2 Å². The fourth-order valence-corrected chi connectivity index (χ4v) is 5.24. The van der Waals surface area contributed by atoms with Crippen molar-refractivity contribution in [1.29, 1.82) is 0 Å². The zero-order valence-corrected chi connectivity index (χ0v) is 13.4. The van der Waals surface area contributed by atoms with Crippen LogP contribution in [-0.2, 0) is 20.9 Å². The number of pyridine rings is 1. The fourth-order valence-electron chi connectivity index (χ4n) is 2.03. The number of aromatic nitrogens is 1. The van der Waals surface area contributed by atoms with E-state index < -0.39 is 20.9 Å². The highest BCUT2D eigenvalue weighted by atomic mass is 32.3. The zero-order chi connectivity index (χ0) is 15.4. The molecule has 5 nitrogen and oxygen atoms in total. The molecule has 2 aromatic rings. The molecule has 1 aromatic carbocycles. The Morgan fingerprint density at radius 3 is 2.59 bits per heavy atom. The summed E-state index contributed by atoms with van der Waals surface area (Å²) in [6.07, 6.45) is 4.51. The Morgan fingerprint density at radius 2 is 1.86 bits per heavy atom. The van der Waals surface area contributed by atoms with Gasteiger partial charge in [0.25, 0.3) is 10.0 Å². The molecule has 22 heavy (non-hydrogen) atoms. The lowest BCUT2D eigenvalue weighted by atomic mass is 10.4. The van der Waals surface area contributed by atoms with E-state index in [-0.39, 0.29) is 4.90 Å². The molecule has 0 spiro atoms. The van der Waals surface area contributed by atoms with Crippen molar-refractivity contribution in [2.75, 3.05) is 10.8 Å². The minimum atomic E-state index is -3.68. The van der Waals surface area contributed by atoms with E-state index in [4.69, 9.17) is 0 Å². The molecule has 1 aliphatic heterocycles. The van der Waals surface area contributed by atoms with Crippen LogP contribution in [0.1, 0.15) is 6.42 Å². The van der Waals surface area contributed by atoms with Crippen molar-refractivity contribution in [3.63, 3.8) is 0 Å². The Hall–Kier alpha value is -1.99. The molecule has 114 valence electrons. The summed E-state index contributed by atoms with van der Waals surface area (Å²) < 4.78 is 30.9. The third kappa shape index (κ3) is 3.26. The number of nitrogens with zero attached hydrogens (tertiary/aromatic N) is 3. The molecular weight excluding hydrogens is 318 g/mol. The molecule has 1 atom stereocenters. The first-order chi connectivity index (χ1) is 10.7. The lowest BCUT2D eigenvalue weighted by Crippen LogP contribution is -2.29. The molecule has 0 saturated heterocycles. The van der Waals surface area contributed by atoms with Gasteiger partial charge in [-0.05, 0) is 36.1 Å². The van der Waals surface area contributed by atoms with Gasteiger partial charge in [-0.1, -0.05) is 30.3 Å². The first kappa shape index (κ1) is 14.9. The summed E-state index contributed by atoms with van der Waals surface area (Å²) in [5.41, 5.74) is 0. The summed E-state index contributed by atoms with van der Waals surface area (Å²) in [5, 5.41) is 1.83. The molecule has 0 saturated carbocycles. The molecule has 0 amide bonds. The van der Waals surface area contributed by atoms with Gasteiger partial charge in [0.1, 0.15) is 5.82 Å². The fraction of sp³-hybridized carbons (Fsp3) is 0.133. The van der Waals surface area contributed by atoms with Crippen LogP contribution in [0.5, 0.6) is 0 Å². The highest BCUT2D eigenvalue weighted by Gasteiger charge is 2.19. The Kier molecular flexibility index (Phi) is 4.35. The SMILES string of the molecule is O=S(=O)(N=S1C=CCCN1c1ccccn1)c1ccccc1. The molecule has 0 N–H and O–H groups in total. The number of sulfonamides is 1. The first-order valence-corrected chi connectivity index (χ1v) is 9.43. The van der Waals surface area contributed by atoms with Gasteiger partial charge in [0.2, 0.25) is 0 Å². The van der Waals surface area contributed by atoms with Gasteiger partial charge in [-0.3, -0.25) is 4.31 Å². The summed E-state index contributed by atoms with van der Waals surface area (Å²) in [4.78, 5) is 4.51. The van der Waals surface area contributed by atoms with E-state index in [0.29, 0.717) is 6.54 Å². The van der Waals surface area contributed by atoms with E-state index in [1.807, 2.05) is 34.0 Å². The van der Waals surface area contributed by atoms with Crippen LogP contribution in [0.15, 0.2) is 74.9 Å². The summed E-state index contributed by atoms with van der Waals surface area (Å²) in [5.74, 6) is 0.738. The zero-order valence-electron chi connectivity index (χ0n) is 11.7. The van der Waals surface area contributed by atoms with Crippen molar-refractivity contribution < 1.29 is 8.42 Å². The Balaban J connectivity index is 2.01. The molecule has 2 heterocycles. The lowest BCUT2D eigenvalue weighted by molar-refractivity contribution is 0.598. The molecule has 1 aliphatic rings. The maximum atomic E-state index is 12.4. The van der Waals surface area contributed by atoms with Gasteiger partial charge < -0.3 is 0 Å². The second-order valence-corrected chi connectivity index (χ2v) is 7.92. The van der Waals surface area contributed by atoms with Crippen molar-refractivity contribution in [2.45, 2.75) is 11.3 Å². The molecule has 1 unspecified atom stereocenters. The number of benzene rings is 1. The standard InChI is InChI=1S/C15H15N3O2S2/c19-22(20,14-8-2-1-3-9-14)17-21-13-7-6-12-18(21)15-10-4-5-11-16-15/h1-5,7-11,13H,6,12H2. The van der Waals surface area contributed by atoms with Gasteiger partial charge in [0, 0.05) is 23.6 Å². The lowest BCUT2D eigenvalue weighted by Gasteiger charge is -2.26. The number of rotatable bonds is 3. The number of anilines is 1. The van der Waals surface area contributed by atoms with Crippen LogP contribution >= 0.6 is 0 Å². The van der Waals surface area contributed by atoms with Gasteiger partial charge >= 0.3 is 0 Å². The van der Waals surface area contributed by atoms with Crippen LogP contribution < -0.4 is 4.31 Å². The van der Waals surface area contributed by atoms with E-state index >= 15 is 0 Å². The molecule has 0 bridgehead atoms. The second-order valence-electron chi connectivity index (χ2n) is 4.61. The maximum absolute atomic E-state index is 12.4. The first-order valence-electron chi connectivity index (χ1n) is 6.78. The van der Waals surface area contributed by atoms with Crippen molar-refractivity contribution in [3.8, 4) is 0 Å². The van der Waals surface area contributed by atoms with Gasteiger partial charge in [0.15, 0.2) is 0 Å². The summed E-state index contributed by atoms with van der Waals surface area (Å²) in [6.45, 7) is 0.699. The van der Waals surface area contributed by atoms with Crippen molar-refractivity contribution in [1.82, 2.24) is 4.98 Å². The molecule has 7 heteroatoms. The van der Waals surface area contributed by atoms with Crippen LogP contribution in [0, 0.1) is 0 Å². The monoisotopic (exact) mass is 333 g/mol. The van der Waals surface area contributed by atoms with E-state index in [0.717, 1.165) is 12.2 Å². The Bertz CT molecular complexity index is 803. The highest BCUT2D eigenvalue weighted by molar-refractivity contribution is 8.02. The largest absolute Gasteiger partial charge is 0.289 e. The second kappa shape index (κ2) is 6.41. The minimum Gasteiger partial charge on any atom is -0.288 e. The van der Waals surface area contributed by atoms with Gasteiger partial charge in [-0.2, -0.15) is 8.42 Å². The van der Waals surface area contributed by atoms with Gasteiger partial charge in [-0.25, -0.2) is 4.98 Å². The van der Waals surface area contributed by atoms with Crippen LogP contribution in [-0.4, -0.2) is 19.9 Å². The topological polar surface area (TPSA) is 62.6 Å². The molecule has 0 fully saturated rings. The summed E-state index contributed by atoms with van der Waals surface area (Å²) in [6, 6.07) is 13.9. The summed E-state index contributed by atoms with van der Waals surface area (Å²) >= 11 is 0. The average Bonchev–Trinajstić information content (AvgIpc) is 2.57. The van der Waals surface area contributed by atoms with Crippen LogP contribution in [0.25, 0.3) is 0 Å². The maximum Gasteiger partial charge on any atom is 0.289 e. The van der Waals surface area contributed by atoms with Crippen LogP contribution in [0.4, 0.5) is 5.82 Å². The predicted octanol–water partition coefficient (Wildman–Crippen LogP) is 2.91. The Labute approximate surface area is 132 Å². The van der Waals surface area contributed by atoms with E-state index in [1.165, 1.54) is 0 Å². The molecular formula is C15H15N3O2S2. The predicted molar refractivity (Wildman–Crippen MR) is 88.8 cm³/mol. The van der Waals surface area contributed by atoms with E-state index in [1.54, 1.807) is 36.5 Å². The number of hydrogen-bond donors (Lipinski definition) is 0. The van der Waals surface area contributed by atoms with Crippen LogP contribution in [0.3, 0.4) is 0 Å². The molecule has 3 rings (SSSR count). The Morgan fingerprint density at radius 1 is 1.09 bits per heavy atom. The number of hydrogen-bond acceptors (Lipinski definition) is 3. The minimum absolute atomic E-state index is 0.211. The van der Waals surface area contributed by atoms with Crippen molar-refractivity contribution >= 4 is 26.7 Å².